The molecule has 0 saturated carbocycles. The van der Waals surface area contributed by atoms with Crippen molar-refractivity contribution >= 4 is 27.4 Å². The van der Waals surface area contributed by atoms with Crippen molar-refractivity contribution < 1.29 is 22.7 Å². The van der Waals surface area contributed by atoms with E-state index in [0.29, 0.717) is 16.9 Å². The third kappa shape index (κ3) is 3.65. The van der Waals surface area contributed by atoms with Crippen molar-refractivity contribution in [3.8, 4) is 5.75 Å². The molecule has 0 unspecified atom stereocenters. The zero-order valence-corrected chi connectivity index (χ0v) is 18.2. The van der Waals surface area contributed by atoms with Crippen LogP contribution in [0.5, 0.6) is 5.75 Å². The monoisotopic (exact) mass is 448 g/mol. The molecule has 8 heteroatoms. The van der Waals surface area contributed by atoms with E-state index in [-0.39, 0.29) is 21.9 Å². The average Bonchev–Trinajstić information content (AvgIpc) is 2.83. The van der Waals surface area contributed by atoms with Crippen LogP contribution in [-0.2, 0) is 10.0 Å². The number of rotatable bonds is 5. The van der Waals surface area contributed by atoms with Gasteiger partial charge in [-0.1, -0.05) is 48.5 Å². The number of ether oxygens (including phenoxy) is 1. The lowest BCUT2D eigenvalue weighted by molar-refractivity contribution is 0.0972. The number of nitrogens with one attached hydrogen (secondary N) is 1. The van der Waals surface area contributed by atoms with Crippen molar-refractivity contribution in [2.75, 3.05) is 14.2 Å². The van der Waals surface area contributed by atoms with Crippen LogP contribution >= 0.6 is 0 Å². The first-order valence-electron chi connectivity index (χ1n) is 9.72. The first-order valence-corrected chi connectivity index (χ1v) is 11.2. The SMILES string of the molecule is COc1ccc(C(=O)NC2=C(C(=O)c3ccccc3)N(C)S(=O)(=O)c3ccccc32)cc1. The Morgan fingerprint density at radius 3 is 2.12 bits per heavy atom. The molecule has 1 aliphatic rings. The number of nitrogens with zero attached hydrogens (tertiary/aromatic N) is 1. The molecule has 4 rings (SSSR count). The molecule has 3 aromatic rings. The lowest BCUT2D eigenvalue weighted by Gasteiger charge is -2.31. The Balaban J connectivity index is 1.88. The van der Waals surface area contributed by atoms with Crippen LogP contribution in [0.1, 0.15) is 26.3 Å². The Morgan fingerprint density at radius 2 is 1.47 bits per heavy atom. The lowest BCUT2D eigenvalue weighted by Crippen LogP contribution is -2.39. The summed E-state index contributed by atoms with van der Waals surface area (Å²) in [5.41, 5.74) is 0.898. The summed E-state index contributed by atoms with van der Waals surface area (Å²) >= 11 is 0. The molecule has 32 heavy (non-hydrogen) atoms. The number of amides is 1. The zero-order valence-electron chi connectivity index (χ0n) is 17.4. The molecular weight excluding hydrogens is 428 g/mol. The van der Waals surface area contributed by atoms with Crippen LogP contribution in [0.2, 0.25) is 0 Å². The molecule has 0 aliphatic carbocycles. The van der Waals surface area contributed by atoms with Crippen molar-refractivity contribution in [1.82, 2.24) is 9.62 Å². The summed E-state index contributed by atoms with van der Waals surface area (Å²) in [7, 11) is -1.15. The van der Waals surface area contributed by atoms with Gasteiger partial charge >= 0.3 is 0 Å². The number of ketones is 1. The minimum atomic E-state index is -3.98. The van der Waals surface area contributed by atoms with E-state index in [4.69, 9.17) is 4.74 Å². The number of Topliss-reactive ketones (excluding diaryl/α,β-unsaturated/α-hetero) is 1. The highest BCUT2D eigenvalue weighted by molar-refractivity contribution is 7.89. The summed E-state index contributed by atoms with van der Waals surface area (Å²) in [6, 6.07) is 21.1. The number of benzene rings is 3. The van der Waals surface area contributed by atoms with E-state index in [2.05, 4.69) is 5.32 Å². The van der Waals surface area contributed by atoms with Crippen LogP contribution in [0, 0.1) is 0 Å². The fourth-order valence-electron chi connectivity index (χ4n) is 3.49. The summed E-state index contributed by atoms with van der Waals surface area (Å²) in [5, 5.41) is 2.77. The molecule has 1 aliphatic heterocycles. The summed E-state index contributed by atoms with van der Waals surface area (Å²) in [5.74, 6) is -0.408. The minimum Gasteiger partial charge on any atom is -0.497 e. The first kappa shape index (κ1) is 21.3. The van der Waals surface area contributed by atoms with Crippen molar-refractivity contribution in [2.24, 2.45) is 0 Å². The van der Waals surface area contributed by atoms with Gasteiger partial charge in [-0.05, 0) is 30.3 Å². The number of carbonyl (C=O) groups is 2. The van der Waals surface area contributed by atoms with Crippen LogP contribution in [0.3, 0.4) is 0 Å². The quantitative estimate of drug-likeness (QED) is 0.605. The van der Waals surface area contributed by atoms with Gasteiger partial charge in [0, 0.05) is 23.7 Å². The Labute approximate surface area is 186 Å². The number of hydrogen-bond acceptors (Lipinski definition) is 5. The second-order valence-corrected chi connectivity index (χ2v) is 9.01. The molecule has 1 amide bonds. The predicted molar refractivity (Wildman–Crippen MR) is 120 cm³/mol. The van der Waals surface area contributed by atoms with Gasteiger partial charge in [0.05, 0.1) is 17.7 Å². The highest BCUT2D eigenvalue weighted by atomic mass is 32.2. The number of sulfonamides is 1. The summed E-state index contributed by atoms with van der Waals surface area (Å²) in [4.78, 5) is 26.4. The van der Waals surface area contributed by atoms with Crippen molar-refractivity contribution in [1.29, 1.82) is 0 Å². The van der Waals surface area contributed by atoms with Gasteiger partial charge in [-0.25, -0.2) is 8.42 Å². The fourth-order valence-corrected chi connectivity index (χ4v) is 4.90. The predicted octanol–water partition coefficient (Wildman–Crippen LogP) is 3.31. The normalized spacial score (nSPS) is 14.5. The Hall–Kier alpha value is -3.91. The van der Waals surface area contributed by atoms with E-state index in [0.717, 1.165) is 4.31 Å². The van der Waals surface area contributed by atoms with E-state index >= 15 is 0 Å². The maximum absolute atomic E-state index is 13.4. The summed E-state index contributed by atoms with van der Waals surface area (Å²) in [6.07, 6.45) is 0. The second kappa shape index (κ2) is 8.32. The summed E-state index contributed by atoms with van der Waals surface area (Å²) in [6.45, 7) is 0. The molecule has 0 spiro atoms. The third-order valence-electron chi connectivity index (χ3n) is 5.19. The molecule has 3 aromatic carbocycles. The van der Waals surface area contributed by atoms with Gasteiger partial charge in [-0.2, -0.15) is 0 Å². The highest BCUT2D eigenvalue weighted by Crippen LogP contribution is 2.36. The van der Waals surface area contributed by atoms with E-state index in [1.807, 2.05) is 0 Å². The maximum Gasteiger partial charge on any atom is 0.264 e. The van der Waals surface area contributed by atoms with Crippen molar-refractivity contribution in [3.63, 3.8) is 0 Å². The number of allylic oxidation sites excluding steroid dienone is 1. The molecule has 1 N–H and O–H groups in total. The first-order chi connectivity index (χ1) is 15.3. The Morgan fingerprint density at radius 1 is 0.844 bits per heavy atom. The van der Waals surface area contributed by atoms with E-state index in [9.17, 15) is 18.0 Å². The molecule has 0 aromatic heterocycles. The number of hydrogen-bond donors (Lipinski definition) is 1. The van der Waals surface area contributed by atoms with Gasteiger partial charge in [-0.3, -0.25) is 13.9 Å². The van der Waals surface area contributed by atoms with E-state index < -0.39 is 21.7 Å². The van der Waals surface area contributed by atoms with Gasteiger partial charge in [0.25, 0.3) is 15.9 Å². The number of carbonyl (C=O) groups excluding carboxylic acids is 2. The fraction of sp³-hybridized carbons (Fsp3) is 0.0833. The number of fused-ring (bicyclic) bond motifs is 1. The average molecular weight is 449 g/mol. The molecule has 0 fully saturated rings. The molecule has 0 bridgehead atoms. The third-order valence-corrected chi connectivity index (χ3v) is 7.00. The highest BCUT2D eigenvalue weighted by Gasteiger charge is 2.38. The van der Waals surface area contributed by atoms with E-state index in [1.165, 1.54) is 20.2 Å². The number of methoxy groups -OCH3 is 1. The van der Waals surface area contributed by atoms with Gasteiger partial charge in [0.15, 0.2) is 0 Å². The topological polar surface area (TPSA) is 92.8 Å². The van der Waals surface area contributed by atoms with Crippen LogP contribution in [0.25, 0.3) is 5.70 Å². The van der Waals surface area contributed by atoms with Crippen LogP contribution in [0.4, 0.5) is 0 Å². The minimum absolute atomic E-state index is 0.0112. The van der Waals surface area contributed by atoms with Crippen molar-refractivity contribution in [3.05, 3.63) is 101 Å². The molecule has 0 radical (unpaired) electrons. The largest absolute Gasteiger partial charge is 0.497 e. The molecule has 0 atom stereocenters. The van der Waals surface area contributed by atoms with Gasteiger partial charge in [-0.15, -0.1) is 0 Å². The van der Waals surface area contributed by atoms with Gasteiger partial charge < -0.3 is 10.1 Å². The molecule has 1 heterocycles. The lowest BCUT2D eigenvalue weighted by atomic mass is 10.0. The maximum atomic E-state index is 13.4. The van der Waals surface area contributed by atoms with Gasteiger partial charge in [0.2, 0.25) is 5.78 Å². The van der Waals surface area contributed by atoms with E-state index in [1.54, 1.807) is 72.8 Å². The Bertz CT molecular complexity index is 1330. The second-order valence-electron chi connectivity index (χ2n) is 7.07. The standard InChI is InChI=1S/C24H20N2O5S/c1-26-22(23(27)16-8-4-3-5-9-16)21(19-10-6-7-11-20(19)32(26,29)30)25-24(28)17-12-14-18(31-2)15-13-17/h3-15H,1-2H3,(H,25,28). The van der Waals surface area contributed by atoms with Crippen molar-refractivity contribution in [2.45, 2.75) is 4.90 Å². The summed E-state index contributed by atoms with van der Waals surface area (Å²) < 4.78 is 32.3. The molecule has 162 valence electrons. The van der Waals surface area contributed by atoms with Crippen LogP contribution in [-0.4, -0.2) is 38.6 Å². The Kier molecular flexibility index (Phi) is 5.54. The van der Waals surface area contributed by atoms with Gasteiger partial charge in [0.1, 0.15) is 11.4 Å². The van der Waals surface area contributed by atoms with Crippen LogP contribution < -0.4 is 10.1 Å². The number of likely N-dealkylation sites (N-methyl/N-ethyl adjacent to an activating group) is 1. The smallest absolute Gasteiger partial charge is 0.264 e. The molecular formula is C24H20N2O5S. The molecule has 7 nitrogen and oxygen atoms in total. The molecule has 0 saturated heterocycles. The zero-order chi connectivity index (χ0) is 22.9. The van der Waals surface area contributed by atoms with Crippen LogP contribution in [0.15, 0.2) is 89.5 Å².